The number of para-hydroxylation sites is 1. The lowest BCUT2D eigenvalue weighted by Gasteiger charge is -2.30. The van der Waals surface area contributed by atoms with Gasteiger partial charge in [0.05, 0.1) is 29.4 Å². The number of ether oxygens (including phenoxy) is 1. The Bertz CT molecular complexity index is 1150. The number of amides is 1. The normalized spacial score (nSPS) is 15.8. The predicted molar refractivity (Wildman–Crippen MR) is 115 cm³/mol. The number of anilines is 1. The van der Waals surface area contributed by atoms with Crippen LogP contribution in [0.3, 0.4) is 0 Å². The van der Waals surface area contributed by atoms with Crippen molar-refractivity contribution < 1.29 is 17.9 Å². The summed E-state index contributed by atoms with van der Waals surface area (Å²) in [5, 5.41) is 3.87. The van der Waals surface area contributed by atoms with Crippen molar-refractivity contribution in [1.82, 2.24) is 9.29 Å². The van der Waals surface area contributed by atoms with Gasteiger partial charge in [0.1, 0.15) is 5.75 Å². The number of nitrogens with zero attached hydrogens (tertiary/aromatic N) is 2. The summed E-state index contributed by atoms with van der Waals surface area (Å²) in [6.45, 7) is 0.616. The number of hydrogen-bond acceptors (Lipinski definition) is 5. The average molecular weight is 426 g/mol. The van der Waals surface area contributed by atoms with Gasteiger partial charge >= 0.3 is 0 Å². The zero-order chi connectivity index (χ0) is 21.1. The Hall–Kier alpha value is -2.97. The van der Waals surface area contributed by atoms with Crippen LogP contribution >= 0.6 is 0 Å². The summed E-state index contributed by atoms with van der Waals surface area (Å²) in [7, 11) is -2.05. The SMILES string of the molecule is COc1ccc(S(=O)(=O)N2CCC(C(=O)Nc3cnc4ccccc4c3)CC2)cc1. The van der Waals surface area contributed by atoms with Crippen LogP contribution in [0.4, 0.5) is 5.69 Å². The Balaban J connectivity index is 1.38. The van der Waals surface area contributed by atoms with Crippen LogP contribution in [-0.2, 0) is 14.8 Å². The number of carbonyl (C=O) groups is 1. The van der Waals surface area contributed by atoms with E-state index >= 15 is 0 Å². The van der Waals surface area contributed by atoms with Gasteiger partial charge in [-0.15, -0.1) is 0 Å². The number of sulfonamides is 1. The highest BCUT2D eigenvalue weighted by Gasteiger charge is 2.32. The Labute approximate surface area is 175 Å². The Morgan fingerprint density at radius 3 is 2.50 bits per heavy atom. The maximum Gasteiger partial charge on any atom is 0.243 e. The van der Waals surface area contributed by atoms with E-state index in [0.717, 1.165) is 10.9 Å². The number of piperidine rings is 1. The maximum atomic E-state index is 12.9. The van der Waals surface area contributed by atoms with Crippen LogP contribution in [0.1, 0.15) is 12.8 Å². The van der Waals surface area contributed by atoms with Crippen LogP contribution in [-0.4, -0.2) is 43.8 Å². The second kappa shape index (κ2) is 8.41. The van der Waals surface area contributed by atoms with Crippen molar-refractivity contribution in [3.05, 3.63) is 60.8 Å². The highest BCUT2D eigenvalue weighted by Crippen LogP contribution is 2.26. The number of rotatable bonds is 5. The molecule has 1 amide bonds. The molecule has 4 rings (SSSR count). The molecule has 1 aliphatic rings. The highest BCUT2D eigenvalue weighted by atomic mass is 32.2. The van der Waals surface area contributed by atoms with Crippen molar-refractivity contribution in [3.8, 4) is 5.75 Å². The molecule has 3 aromatic rings. The minimum atomic E-state index is -3.58. The van der Waals surface area contributed by atoms with Gasteiger partial charge in [-0.1, -0.05) is 18.2 Å². The molecule has 2 aromatic carbocycles. The van der Waals surface area contributed by atoms with E-state index < -0.39 is 10.0 Å². The Kier molecular flexibility index (Phi) is 5.69. The standard InChI is InChI=1S/C22H23N3O4S/c1-29-19-6-8-20(9-7-19)30(27,28)25-12-10-16(11-13-25)22(26)24-18-14-17-4-2-3-5-21(17)23-15-18/h2-9,14-16H,10-13H2,1H3,(H,24,26). The first kappa shape index (κ1) is 20.3. The Morgan fingerprint density at radius 2 is 1.80 bits per heavy atom. The van der Waals surface area contributed by atoms with Gasteiger partial charge in [-0.2, -0.15) is 4.31 Å². The number of aromatic nitrogens is 1. The Morgan fingerprint density at radius 1 is 1.10 bits per heavy atom. The summed E-state index contributed by atoms with van der Waals surface area (Å²) < 4.78 is 32.2. The van der Waals surface area contributed by atoms with Crippen LogP contribution in [0, 0.1) is 5.92 Å². The number of hydrogen-bond donors (Lipinski definition) is 1. The largest absolute Gasteiger partial charge is 0.497 e. The lowest BCUT2D eigenvalue weighted by molar-refractivity contribution is -0.120. The molecule has 1 fully saturated rings. The summed E-state index contributed by atoms with van der Waals surface area (Å²) in [5.41, 5.74) is 1.51. The van der Waals surface area contributed by atoms with Gasteiger partial charge in [0.25, 0.3) is 0 Å². The zero-order valence-electron chi connectivity index (χ0n) is 16.6. The van der Waals surface area contributed by atoms with Gasteiger partial charge in [-0.25, -0.2) is 8.42 Å². The quantitative estimate of drug-likeness (QED) is 0.678. The van der Waals surface area contributed by atoms with E-state index in [1.54, 1.807) is 30.5 Å². The molecule has 2 heterocycles. The van der Waals surface area contributed by atoms with E-state index in [-0.39, 0.29) is 16.7 Å². The number of fused-ring (bicyclic) bond motifs is 1. The highest BCUT2D eigenvalue weighted by molar-refractivity contribution is 7.89. The minimum Gasteiger partial charge on any atom is -0.497 e. The fourth-order valence-electron chi connectivity index (χ4n) is 3.64. The lowest BCUT2D eigenvalue weighted by atomic mass is 9.97. The molecule has 1 saturated heterocycles. The predicted octanol–water partition coefficient (Wildman–Crippen LogP) is 3.28. The second-order valence-electron chi connectivity index (χ2n) is 7.26. The molecule has 156 valence electrons. The number of carbonyl (C=O) groups excluding carboxylic acids is 1. The van der Waals surface area contributed by atoms with Crippen LogP contribution in [0.25, 0.3) is 10.9 Å². The molecule has 0 spiro atoms. The summed E-state index contributed by atoms with van der Waals surface area (Å²) in [6.07, 6.45) is 2.59. The molecule has 0 radical (unpaired) electrons. The number of methoxy groups -OCH3 is 1. The van der Waals surface area contributed by atoms with E-state index in [1.807, 2.05) is 30.3 Å². The molecule has 0 saturated carbocycles. The molecular weight excluding hydrogens is 402 g/mol. The first-order chi connectivity index (χ1) is 14.5. The zero-order valence-corrected chi connectivity index (χ0v) is 17.4. The molecule has 0 aliphatic carbocycles. The van der Waals surface area contributed by atoms with Gasteiger partial charge < -0.3 is 10.1 Å². The van der Waals surface area contributed by atoms with E-state index in [1.165, 1.54) is 11.4 Å². The minimum absolute atomic E-state index is 0.103. The molecule has 0 atom stereocenters. The van der Waals surface area contributed by atoms with Gasteiger partial charge in [0.15, 0.2) is 0 Å². The van der Waals surface area contributed by atoms with E-state index in [4.69, 9.17) is 4.74 Å². The van der Waals surface area contributed by atoms with Crippen molar-refractivity contribution in [1.29, 1.82) is 0 Å². The first-order valence-electron chi connectivity index (χ1n) is 9.77. The molecule has 1 aromatic heterocycles. The molecule has 1 aliphatic heterocycles. The number of benzene rings is 2. The monoisotopic (exact) mass is 425 g/mol. The van der Waals surface area contributed by atoms with E-state index in [9.17, 15) is 13.2 Å². The summed E-state index contributed by atoms with van der Waals surface area (Å²) >= 11 is 0. The van der Waals surface area contributed by atoms with E-state index in [2.05, 4.69) is 10.3 Å². The fourth-order valence-corrected chi connectivity index (χ4v) is 5.11. The molecule has 30 heavy (non-hydrogen) atoms. The molecular formula is C22H23N3O4S. The number of nitrogens with one attached hydrogen (secondary N) is 1. The second-order valence-corrected chi connectivity index (χ2v) is 9.20. The van der Waals surface area contributed by atoms with Crippen molar-refractivity contribution in [3.63, 3.8) is 0 Å². The summed E-state index contributed by atoms with van der Waals surface area (Å²) in [6, 6.07) is 15.9. The molecule has 1 N–H and O–H groups in total. The summed E-state index contributed by atoms with van der Waals surface area (Å²) in [5.74, 6) is 0.264. The topological polar surface area (TPSA) is 88.6 Å². The van der Waals surface area contributed by atoms with Crippen LogP contribution in [0.5, 0.6) is 5.75 Å². The maximum absolute atomic E-state index is 12.9. The van der Waals surface area contributed by atoms with E-state index in [0.29, 0.717) is 37.4 Å². The third kappa shape index (κ3) is 4.15. The molecule has 0 unspecified atom stereocenters. The third-order valence-electron chi connectivity index (χ3n) is 5.38. The summed E-state index contributed by atoms with van der Waals surface area (Å²) in [4.78, 5) is 17.3. The lowest BCUT2D eigenvalue weighted by Crippen LogP contribution is -2.41. The van der Waals surface area contributed by atoms with Gasteiger partial charge in [0.2, 0.25) is 15.9 Å². The van der Waals surface area contributed by atoms with Gasteiger partial charge in [0, 0.05) is 24.4 Å². The fraction of sp³-hybridized carbons (Fsp3) is 0.273. The first-order valence-corrected chi connectivity index (χ1v) is 11.2. The third-order valence-corrected chi connectivity index (χ3v) is 7.29. The van der Waals surface area contributed by atoms with Crippen LogP contribution < -0.4 is 10.1 Å². The van der Waals surface area contributed by atoms with Crippen molar-refractivity contribution in [2.75, 3.05) is 25.5 Å². The average Bonchev–Trinajstić information content (AvgIpc) is 2.79. The number of pyridine rings is 1. The van der Waals surface area contributed by atoms with Crippen LogP contribution in [0.2, 0.25) is 0 Å². The van der Waals surface area contributed by atoms with Crippen LogP contribution in [0.15, 0.2) is 65.7 Å². The smallest absolute Gasteiger partial charge is 0.243 e. The van der Waals surface area contributed by atoms with Gasteiger partial charge in [-0.05, 0) is 49.2 Å². The van der Waals surface area contributed by atoms with Crippen molar-refractivity contribution in [2.24, 2.45) is 5.92 Å². The van der Waals surface area contributed by atoms with Crippen molar-refractivity contribution >= 4 is 32.5 Å². The molecule has 7 nitrogen and oxygen atoms in total. The van der Waals surface area contributed by atoms with Gasteiger partial charge in [-0.3, -0.25) is 9.78 Å². The molecule has 0 bridgehead atoms. The molecule has 8 heteroatoms. The van der Waals surface area contributed by atoms with Crippen molar-refractivity contribution in [2.45, 2.75) is 17.7 Å².